The fraction of sp³-hybridized carbons (Fsp3) is 0.462. The number of rotatable bonds is 3. The molecule has 0 aromatic heterocycles. The third kappa shape index (κ3) is 2.45. The first-order valence-corrected chi connectivity index (χ1v) is 5.48. The zero-order valence-electron chi connectivity index (χ0n) is 9.03. The van der Waals surface area contributed by atoms with E-state index in [1.54, 1.807) is 0 Å². The van der Waals surface area contributed by atoms with Gasteiger partial charge in [0.05, 0.1) is 6.10 Å². The number of aryl methyl sites for hydroxylation is 1. The third-order valence-electron chi connectivity index (χ3n) is 2.88. The summed E-state index contributed by atoms with van der Waals surface area (Å²) in [5, 5.41) is 0. The van der Waals surface area contributed by atoms with Crippen molar-refractivity contribution in [3.63, 3.8) is 0 Å². The average Bonchev–Trinajstić information content (AvgIpc) is 2.71. The van der Waals surface area contributed by atoms with E-state index >= 15 is 0 Å². The first-order chi connectivity index (χ1) is 7.27. The Balaban J connectivity index is 2.04. The Morgan fingerprint density at radius 3 is 2.93 bits per heavy atom. The monoisotopic (exact) mass is 204 g/mol. The second-order valence-corrected chi connectivity index (χ2v) is 4.08. The number of carbonyl (C=O) groups excluding carboxylic acids is 1. The van der Waals surface area contributed by atoms with Gasteiger partial charge in [-0.05, 0) is 25.3 Å². The minimum absolute atomic E-state index is 0.150. The molecule has 0 spiro atoms. The summed E-state index contributed by atoms with van der Waals surface area (Å²) in [7, 11) is 0. The van der Waals surface area contributed by atoms with E-state index in [2.05, 4.69) is 0 Å². The van der Waals surface area contributed by atoms with Crippen molar-refractivity contribution in [2.45, 2.75) is 32.3 Å². The van der Waals surface area contributed by atoms with Crippen LogP contribution in [0.3, 0.4) is 0 Å². The van der Waals surface area contributed by atoms with Crippen LogP contribution in [0, 0.1) is 6.92 Å². The maximum Gasteiger partial charge on any atom is 0.165 e. The number of benzene rings is 1. The highest BCUT2D eigenvalue weighted by molar-refractivity contribution is 5.97. The zero-order chi connectivity index (χ0) is 10.7. The molecule has 1 unspecified atom stereocenters. The van der Waals surface area contributed by atoms with E-state index in [0.717, 1.165) is 30.6 Å². The van der Waals surface area contributed by atoms with Gasteiger partial charge >= 0.3 is 0 Å². The molecular weight excluding hydrogens is 188 g/mol. The fourth-order valence-corrected chi connectivity index (χ4v) is 2.01. The highest BCUT2D eigenvalue weighted by Gasteiger charge is 2.20. The summed E-state index contributed by atoms with van der Waals surface area (Å²) in [5.41, 5.74) is 1.90. The quantitative estimate of drug-likeness (QED) is 0.708. The molecule has 0 aliphatic carbocycles. The predicted octanol–water partition coefficient (Wildman–Crippen LogP) is 2.75. The summed E-state index contributed by atoms with van der Waals surface area (Å²) in [4.78, 5) is 11.9. The smallest absolute Gasteiger partial charge is 0.165 e. The molecule has 80 valence electrons. The largest absolute Gasteiger partial charge is 0.378 e. The van der Waals surface area contributed by atoms with Crippen molar-refractivity contribution in [2.75, 3.05) is 6.61 Å². The summed E-state index contributed by atoms with van der Waals surface area (Å²) in [6, 6.07) is 7.74. The van der Waals surface area contributed by atoms with Crippen molar-refractivity contribution in [1.82, 2.24) is 0 Å². The van der Waals surface area contributed by atoms with Gasteiger partial charge < -0.3 is 4.74 Å². The molecule has 0 N–H and O–H groups in total. The molecule has 1 fully saturated rings. The molecule has 2 rings (SSSR count). The third-order valence-corrected chi connectivity index (χ3v) is 2.88. The molecule has 1 atom stereocenters. The molecule has 2 heteroatoms. The molecule has 0 amide bonds. The van der Waals surface area contributed by atoms with E-state index in [1.165, 1.54) is 0 Å². The van der Waals surface area contributed by atoms with Crippen LogP contribution in [0.4, 0.5) is 0 Å². The van der Waals surface area contributed by atoms with Gasteiger partial charge in [0.15, 0.2) is 5.78 Å². The molecule has 0 saturated carbocycles. The van der Waals surface area contributed by atoms with Crippen LogP contribution in [0.25, 0.3) is 0 Å². The normalized spacial score (nSPS) is 20.5. The minimum Gasteiger partial charge on any atom is -0.378 e. The van der Waals surface area contributed by atoms with Gasteiger partial charge in [-0.25, -0.2) is 0 Å². The maximum absolute atomic E-state index is 11.9. The van der Waals surface area contributed by atoms with E-state index in [-0.39, 0.29) is 11.9 Å². The van der Waals surface area contributed by atoms with E-state index in [0.29, 0.717) is 6.42 Å². The van der Waals surface area contributed by atoms with Gasteiger partial charge in [-0.15, -0.1) is 0 Å². The van der Waals surface area contributed by atoms with Gasteiger partial charge in [-0.1, -0.05) is 24.3 Å². The van der Waals surface area contributed by atoms with Crippen LogP contribution in [0.2, 0.25) is 0 Å². The van der Waals surface area contributed by atoms with E-state index in [9.17, 15) is 4.79 Å². The summed E-state index contributed by atoms with van der Waals surface area (Å²) in [5.74, 6) is 0.208. The fourth-order valence-electron chi connectivity index (χ4n) is 2.01. The molecule has 15 heavy (non-hydrogen) atoms. The van der Waals surface area contributed by atoms with Crippen LogP contribution in [-0.4, -0.2) is 18.5 Å². The Morgan fingerprint density at radius 1 is 1.47 bits per heavy atom. The number of hydrogen-bond acceptors (Lipinski definition) is 2. The second kappa shape index (κ2) is 4.58. The van der Waals surface area contributed by atoms with Crippen LogP contribution in [0.15, 0.2) is 24.3 Å². The lowest BCUT2D eigenvalue weighted by Crippen LogP contribution is -2.13. The maximum atomic E-state index is 11.9. The molecular formula is C13H16O2. The Hall–Kier alpha value is -1.15. The lowest BCUT2D eigenvalue weighted by atomic mass is 10.00. The lowest BCUT2D eigenvalue weighted by molar-refractivity contribution is 0.0775. The summed E-state index contributed by atoms with van der Waals surface area (Å²) in [6.45, 7) is 2.79. The van der Waals surface area contributed by atoms with Gasteiger partial charge in [0.1, 0.15) is 0 Å². The van der Waals surface area contributed by atoms with Crippen molar-refractivity contribution < 1.29 is 9.53 Å². The summed E-state index contributed by atoms with van der Waals surface area (Å²) < 4.78 is 5.46. The number of ether oxygens (including phenoxy) is 1. The average molecular weight is 204 g/mol. The van der Waals surface area contributed by atoms with Crippen molar-refractivity contribution in [3.05, 3.63) is 35.4 Å². The van der Waals surface area contributed by atoms with E-state index in [4.69, 9.17) is 4.74 Å². The van der Waals surface area contributed by atoms with E-state index < -0.39 is 0 Å². The van der Waals surface area contributed by atoms with Crippen molar-refractivity contribution in [2.24, 2.45) is 0 Å². The van der Waals surface area contributed by atoms with Crippen LogP contribution in [0.1, 0.15) is 35.2 Å². The molecule has 1 saturated heterocycles. The van der Waals surface area contributed by atoms with Crippen LogP contribution in [-0.2, 0) is 4.74 Å². The van der Waals surface area contributed by atoms with Gasteiger partial charge in [-0.2, -0.15) is 0 Å². The standard InChI is InChI=1S/C13H16O2/c1-10-5-2-3-7-12(10)13(14)9-11-6-4-8-15-11/h2-3,5,7,11H,4,6,8-9H2,1H3. The molecule has 1 heterocycles. The van der Waals surface area contributed by atoms with Crippen molar-refractivity contribution in [3.8, 4) is 0 Å². The van der Waals surface area contributed by atoms with E-state index in [1.807, 2.05) is 31.2 Å². The van der Waals surface area contributed by atoms with Crippen LogP contribution < -0.4 is 0 Å². The Labute approximate surface area is 90.3 Å². The molecule has 0 radical (unpaired) electrons. The number of ketones is 1. The van der Waals surface area contributed by atoms with Crippen molar-refractivity contribution >= 4 is 5.78 Å². The molecule has 2 nitrogen and oxygen atoms in total. The number of carbonyl (C=O) groups is 1. The summed E-state index contributed by atoms with van der Waals surface area (Å²) in [6.07, 6.45) is 2.80. The minimum atomic E-state index is 0.150. The molecule has 1 aliphatic rings. The Bertz CT molecular complexity index is 351. The number of Topliss-reactive ketones (excluding diaryl/α,β-unsaturated/α-hetero) is 1. The Morgan fingerprint density at radius 2 is 2.27 bits per heavy atom. The Kier molecular flexibility index (Phi) is 3.17. The molecule has 1 aromatic rings. The SMILES string of the molecule is Cc1ccccc1C(=O)CC1CCCO1. The first kappa shape index (κ1) is 10.4. The van der Waals surface area contributed by atoms with Gasteiger partial charge in [0.2, 0.25) is 0 Å². The molecule has 1 aliphatic heterocycles. The van der Waals surface area contributed by atoms with Crippen LogP contribution in [0.5, 0.6) is 0 Å². The van der Waals surface area contributed by atoms with Crippen LogP contribution >= 0.6 is 0 Å². The van der Waals surface area contributed by atoms with Gasteiger partial charge in [0, 0.05) is 18.6 Å². The highest BCUT2D eigenvalue weighted by Crippen LogP contribution is 2.19. The second-order valence-electron chi connectivity index (χ2n) is 4.08. The molecule has 0 bridgehead atoms. The zero-order valence-corrected chi connectivity index (χ0v) is 9.03. The van der Waals surface area contributed by atoms with Gasteiger partial charge in [0.25, 0.3) is 0 Å². The predicted molar refractivity (Wildman–Crippen MR) is 59.1 cm³/mol. The lowest BCUT2D eigenvalue weighted by Gasteiger charge is -2.09. The molecule has 1 aromatic carbocycles. The van der Waals surface area contributed by atoms with Gasteiger partial charge in [-0.3, -0.25) is 4.79 Å². The topological polar surface area (TPSA) is 26.3 Å². The highest BCUT2D eigenvalue weighted by atomic mass is 16.5. The number of hydrogen-bond donors (Lipinski definition) is 0. The summed E-state index contributed by atoms with van der Waals surface area (Å²) >= 11 is 0. The van der Waals surface area contributed by atoms with Crippen molar-refractivity contribution in [1.29, 1.82) is 0 Å². The first-order valence-electron chi connectivity index (χ1n) is 5.48.